The number of amides is 2. The first-order valence-electron chi connectivity index (χ1n) is 6.42. The van der Waals surface area contributed by atoms with Gasteiger partial charge in [-0.15, -0.1) is 0 Å². The van der Waals surface area contributed by atoms with Crippen molar-refractivity contribution >= 4 is 39.0 Å². The number of carbonyl (C=O) groups excluding carboxylic acids is 1. The molecule has 102 valence electrons. The van der Waals surface area contributed by atoms with Crippen LogP contribution in [0.1, 0.15) is 5.56 Å². The molecule has 0 fully saturated rings. The highest BCUT2D eigenvalue weighted by Crippen LogP contribution is 2.29. The van der Waals surface area contributed by atoms with Crippen LogP contribution in [0.15, 0.2) is 46.9 Å². The molecule has 3 N–H and O–H groups in total. The van der Waals surface area contributed by atoms with Crippen LogP contribution in [0.3, 0.4) is 0 Å². The summed E-state index contributed by atoms with van der Waals surface area (Å²) in [7, 11) is 0. The summed E-state index contributed by atoms with van der Waals surface area (Å²) in [6.07, 6.45) is 0.931. The van der Waals surface area contributed by atoms with Gasteiger partial charge in [0.25, 0.3) is 0 Å². The number of fused-ring (bicyclic) bond motifs is 1. The molecule has 3 rings (SSSR count). The van der Waals surface area contributed by atoms with Crippen molar-refractivity contribution in [3.63, 3.8) is 0 Å². The van der Waals surface area contributed by atoms with E-state index in [1.165, 1.54) is 0 Å². The Hall–Kier alpha value is -2.01. The lowest BCUT2D eigenvalue weighted by Crippen LogP contribution is -2.20. The lowest BCUT2D eigenvalue weighted by atomic mass is 10.1. The van der Waals surface area contributed by atoms with Gasteiger partial charge in [-0.25, -0.2) is 4.79 Å². The fourth-order valence-electron chi connectivity index (χ4n) is 2.30. The van der Waals surface area contributed by atoms with Gasteiger partial charge in [0.05, 0.1) is 5.69 Å². The summed E-state index contributed by atoms with van der Waals surface area (Å²) in [5, 5.41) is 9.03. The Kier molecular flexibility index (Phi) is 3.60. The number of urea groups is 1. The van der Waals surface area contributed by atoms with E-state index in [0.717, 1.165) is 40.1 Å². The molecule has 2 aromatic carbocycles. The molecule has 1 heterocycles. The van der Waals surface area contributed by atoms with Gasteiger partial charge >= 0.3 is 6.03 Å². The summed E-state index contributed by atoms with van der Waals surface area (Å²) >= 11 is 3.41. The first-order chi connectivity index (χ1) is 9.74. The van der Waals surface area contributed by atoms with Crippen molar-refractivity contribution in [1.82, 2.24) is 0 Å². The van der Waals surface area contributed by atoms with Crippen molar-refractivity contribution < 1.29 is 4.79 Å². The molecule has 0 saturated carbocycles. The first kappa shape index (κ1) is 13.0. The minimum Gasteiger partial charge on any atom is -0.384 e. The van der Waals surface area contributed by atoms with Crippen LogP contribution in [0.25, 0.3) is 0 Å². The van der Waals surface area contributed by atoms with E-state index >= 15 is 0 Å². The van der Waals surface area contributed by atoms with Gasteiger partial charge in [-0.2, -0.15) is 0 Å². The molecule has 2 amide bonds. The average molecular weight is 332 g/mol. The third-order valence-corrected chi connectivity index (χ3v) is 3.93. The maximum absolute atomic E-state index is 12.1. The monoisotopic (exact) mass is 331 g/mol. The molecule has 0 bridgehead atoms. The number of carbonyl (C=O) groups is 1. The van der Waals surface area contributed by atoms with Crippen LogP contribution in [0.4, 0.5) is 21.9 Å². The van der Waals surface area contributed by atoms with Crippen LogP contribution in [-0.2, 0) is 6.42 Å². The Morgan fingerprint density at radius 2 is 1.80 bits per heavy atom. The molecule has 0 spiro atoms. The topological polar surface area (TPSA) is 53.2 Å². The number of halogens is 1. The maximum Gasteiger partial charge on any atom is 0.323 e. The normalized spacial score (nSPS) is 12.4. The molecular formula is C15H14BrN3O. The fourth-order valence-corrected chi connectivity index (χ4v) is 2.68. The second-order valence-electron chi connectivity index (χ2n) is 4.57. The SMILES string of the molecule is O=C(Nc1ccccc1Br)Nc1cccc2c1CCN2. The Morgan fingerprint density at radius 3 is 2.65 bits per heavy atom. The van der Waals surface area contributed by atoms with Gasteiger partial charge in [0, 0.05) is 28.0 Å². The molecule has 0 aromatic heterocycles. The van der Waals surface area contributed by atoms with E-state index in [1.807, 2.05) is 42.5 Å². The van der Waals surface area contributed by atoms with Crippen LogP contribution in [0, 0.1) is 0 Å². The highest BCUT2D eigenvalue weighted by Gasteiger charge is 2.15. The molecule has 1 aliphatic rings. The second-order valence-corrected chi connectivity index (χ2v) is 5.42. The van der Waals surface area contributed by atoms with Gasteiger partial charge in [0.1, 0.15) is 0 Å². The molecule has 0 unspecified atom stereocenters. The Labute approximate surface area is 125 Å². The fraction of sp³-hybridized carbons (Fsp3) is 0.133. The summed E-state index contributed by atoms with van der Waals surface area (Å²) in [4.78, 5) is 12.1. The summed E-state index contributed by atoms with van der Waals surface area (Å²) in [5.74, 6) is 0. The zero-order valence-electron chi connectivity index (χ0n) is 10.7. The number of benzene rings is 2. The van der Waals surface area contributed by atoms with E-state index in [-0.39, 0.29) is 6.03 Å². The predicted octanol–water partition coefficient (Wildman–Crippen LogP) is 4.06. The molecule has 5 heteroatoms. The standard InChI is InChI=1S/C15H14BrN3O/c16-11-4-1-2-5-14(11)19-15(20)18-13-7-3-6-12-10(13)8-9-17-12/h1-7,17H,8-9H2,(H2,18,19,20). The molecule has 0 atom stereocenters. The van der Waals surface area contributed by atoms with Crippen LogP contribution < -0.4 is 16.0 Å². The lowest BCUT2D eigenvalue weighted by Gasteiger charge is -2.11. The summed E-state index contributed by atoms with van der Waals surface area (Å²) in [6, 6.07) is 13.2. The van der Waals surface area contributed by atoms with E-state index in [2.05, 4.69) is 31.9 Å². The van der Waals surface area contributed by atoms with E-state index < -0.39 is 0 Å². The van der Waals surface area contributed by atoms with Gasteiger partial charge < -0.3 is 16.0 Å². The molecule has 0 radical (unpaired) electrons. The second kappa shape index (κ2) is 5.54. The van der Waals surface area contributed by atoms with Crippen molar-refractivity contribution in [2.24, 2.45) is 0 Å². The molecule has 20 heavy (non-hydrogen) atoms. The van der Waals surface area contributed by atoms with Crippen LogP contribution in [0.5, 0.6) is 0 Å². The highest BCUT2D eigenvalue weighted by atomic mass is 79.9. The molecule has 4 nitrogen and oxygen atoms in total. The van der Waals surface area contributed by atoms with E-state index in [9.17, 15) is 4.79 Å². The molecule has 0 saturated heterocycles. The number of nitrogens with one attached hydrogen (secondary N) is 3. The molecule has 1 aliphatic heterocycles. The van der Waals surface area contributed by atoms with E-state index in [4.69, 9.17) is 0 Å². The van der Waals surface area contributed by atoms with Crippen molar-refractivity contribution in [1.29, 1.82) is 0 Å². The third-order valence-electron chi connectivity index (χ3n) is 3.24. The van der Waals surface area contributed by atoms with E-state index in [0.29, 0.717) is 0 Å². The van der Waals surface area contributed by atoms with Crippen LogP contribution in [-0.4, -0.2) is 12.6 Å². The Morgan fingerprint density at radius 1 is 1.05 bits per heavy atom. The molecule has 0 aliphatic carbocycles. The van der Waals surface area contributed by atoms with Crippen LogP contribution in [0.2, 0.25) is 0 Å². The van der Waals surface area contributed by atoms with Gasteiger partial charge in [0.15, 0.2) is 0 Å². The van der Waals surface area contributed by atoms with Crippen molar-refractivity contribution in [3.05, 3.63) is 52.5 Å². The van der Waals surface area contributed by atoms with Gasteiger partial charge in [-0.1, -0.05) is 18.2 Å². The van der Waals surface area contributed by atoms with Crippen LogP contribution >= 0.6 is 15.9 Å². The van der Waals surface area contributed by atoms with Gasteiger partial charge in [-0.3, -0.25) is 0 Å². The minimum absolute atomic E-state index is 0.239. The van der Waals surface area contributed by atoms with Crippen molar-refractivity contribution in [2.45, 2.75) is 6.42 Å². The smallest absolute Gasteiger partial charge is 0.323 e. The predicted molar refractivity (Wildman–Crippen MR) is 85.4 cm³/mol. The minimum atomic E-state index is -0.239. The van der Waals surface area contributed by atoms with Crippen molar-refractivity contribution in [2.75, 3.05) is 22.5 Å². The van der Waals surface area contributed by atoms with Crippen molar-refractivity contribution in [3.8, 4) is 0 Å². The molecular weight excluding hydrogens is 318 g/mol. The Bertz CT molecular complexity index is 657. The van der Waals surface area contributed by atoms with Gasteiger partial charge in [0.2, 0.25) is 0 Å². The zero-order valence-corrected chi connectivity index (χ0v) is 12.3. The van der Waals surface area contributed by atoms with E-state index in [1.54, 1.807) is 0 Å². The number of rotatable bonds is 2. The third kappa shape index (κ3) is 2.63. The number of hydrogen-bond donors (Lipinski definition) is 3. The summed E-state index contributed by atoms with van der Waals surface area (Å²) in [5.41, 5.74) is 3.87. The largest absolute Gasteiger partial charge is 0.384 e. The maximum atomic E-state index is 12.1. The Balaban J connectivity index is 1.74. The quantitative estimate of drug-likeness (QED) is 0.777. The lowest BCUT2D eigenvalue weighted by molar-refractivity contribution is 0.262. The summed E-state index contributed by atoms with van der Waals surface area (Å²) < 4.78 is 0.857. The number of para-hydroxylation sites is 1. The summed E-state index contributed by atoms with van der Waals surface area (Å²) in [6.45, 7) is 0.917. The number of anilines is 3. The number of hydrogen-bond acceptors (Lipinski definition) is 2. The first-order valence-corrected chi connectivity index (χ1v) is 7.21. The average Bonchev–Trinajstić information content (AvgIpc) is 2.91. The zero-order chi connectivity index (χ0) is 13.9. The highest BCUT2D eigenvalue weighted by molar-refractivity contribution is 9.10. The van der Waals surface area contributed by atoms with Gasteiger partial charge in [-0.05, 0) is 46.6 Å². The molecule has 2 aromatic rings.